The average molecular weight is 314 g/mol. The summed E-state index contributed by atoms with van der Waals surface area (Å²) in [5.41, 5.74) is 5.45. The molecular formula is C22H22N2. The highest BCUT2D eigenvalue weighted by molar-refractivity contribution is 5.98. The van der Waals surface area contributed by atoms with Crippen molar-refractivity contribution >= 4 is 11.3 Å². The molecule has 0 radical (unpaired) electrons. The minimum Gasteiger partial charge on any atom is -0.378 e. The lowest BCUT2D eigenvalue weighted by molar-refractivity contribution is 0.253. The summed E-state index contributed by atoms with van der Waals surface area (Å²) >= 11 is 0. The van der Waals surface area contributed by atoms with Crippen LogP contribution in [0.5, 0.6) is 0 Å². The smallest absolute Gasteiger partial charge is 0.102 e. The van der Waals surface area contributed by atoms with E-state index in [9.17, 15) is 5.26 Å². The third kappa shape index (κ3) is 2.61. The van der Waals surface area contributed by atoms with Gasteiger partial charge in [0.15, 0.2) is 0 Å². The molecule has 0 atom stereocenters. The molecule has 0 bridgehead atoms. The minimum absolute atomic E-state index is 0.124. The van der Waals surface area contributed by atoms with Crippen LogP contribution in [0.2, 0.25) is 0 Å². The second-order valence-corrected chi connectivity index (χ2v) is 7.03. The van der Waals surface area contributed by atoms with Gasteiger partial charge in [-0.25, -0.2) is 0 Å². The van der Waals surface area contributed by atoms with Crippen molar-refractivity contribution < 1.29 is 0 Å². The van der Waals surface area contributed by atoms with Gasteiger partial charge in [0.2, 0.25) is 0 Å². The maximum atomic E-state index is 9.90. The van der Waals surface area contributed by atoms with Crippen molar-refractivity contribution in [1.29, 1.82) is 5.26 Å². The summed E-state index contributed by atoms with van der Waals surface area (Å²) < 4.78 is 0. The third-order valence-corrected chi connectivity index (χ3v) is 5.44. The van der Waals surface area contributed by atoms with Crippen LogP contribution < -0.4 is 5.32 Å². The number of hydrogen-bond acceptors (Lipinski definition) is 2. The SMILES string of the molecule is N#C/C(=C1\NC2(CCCCC2)Cc2ccccc21)c1ccccc1. The van der Waals surface area contributed by atoms with Crippen LogP contribution in [0.15, 0.2) is 54.6 Å². The molecule has 0 aromatic heterocycles. The quantitative estimate of drug-likeness (QED) is 0.758. The van der Waals surface area contributed by atoms with Crippen LogP contribution in [-0.4, -0.2) is 5.54 Å². The minimum atomic E-state index is 0.124. The summed E-state index contributed by atoms with van der Waals surface area (Å²) in [6, 6.07) is 21.1. The molecule has 2 heteroatoms. The van der Waals surface area contributed by atoms with Gasteiger partial charge in [0.25, 0.3) is 0 Å². The topological polar surface area (TPSA) is 35.8 Å². The number of hydrogen-bond donors (Lipinski definition) is 1. The predicted octanol–water partition coefficient (Wildman–Crippen LogP) is 4.93. The third-order valence-electron chi connectivity index (χ3n) is 5.44. The fourth-order valence-electron chi connectivity index (χ4n) is 4.26. The molecule has 4 rings (SSSR count). The monoisotopic (exact) mass is 314 g/mol. The molecule has 1 spiro atoms. The Morgan fingerprint density at radius 3 is 2.38 bits per heavy atom. The molecule has 1 N–H and O–H groups in total. The predicted molar refractivity (Wildman–Crippen MR) is 98.0 cm³/mol. The van der Waals surface area contributed by atoms with Gasteiger partial charge >= 0.3 is 0 Å². The molecule has 2 aliphatic rings. The Morgan fingerprint density at radius 2 is 1.62 bits per heavy atom. The number of nitrogens with zero attached hydrogens (tertiary/aromatic N) is 1. The summed E-state index contributed by atoms with van der Waals surface area (Å²) in [5, 5.41) is 13.7. The van der Waals surface area contributed by atoms with E-state index in [1.54, 1.807) is 0 Å². The number of fused-ring (bicyclic) bond motifs is 1. The van der Waals surface area contributed by atoms with Gasteiger partial charge in [-0.05, 0) is 30.4 Å². The van der Waals surface area contributed by atoms with Crippen LogP contribution in [0.4, 0.5) is 0 Å². The van der Waals surface area contributed by atoms with Crippen molar-refractivity contribution in [3.63, 3.8) is 0 Å². The lowest BCUT2D eigenvalue weighted by Gasteiger charge is -2.44. The first-order valence-electron chi connectivity index (χ1n) is 8.88. The Balaban J connectivity index is 1.89. The zero-order chi connectivity index (χ0) is 16.4. The van der Waals surface area contributed by atoms with E-state index >= 15 is 0 Å². The van der Waals surface area contributed by atoms with Crippen LogP contribution in [0.1, 0.15) is 48.8 Å². The van der Waals surface area contributed by atoms with Crippen molar-refractivity contribution in [3.8, 4) is 6.07 Å². The van der Waals surface area contributed by atoms with Crippen LogP contribution in [0.3, 0.4) is 0 Å². The standard InChI is InChI=1S/C22H22N2/c23-16-20(17-9-3-1-4-10-17)21-19-12-6-5-11-18(19)15-22(24-21)13-7-2-8-14-22/h1,3-6,9-12,24H,2,7-8,13-15H2/b21-20+. The van der Waals surface area contributed by atoms with Gasteiger partial charge in [-0.2, -0.15) is 5.26 Å². The van der Waals surface area contributed by atoms with Gasteiger partial charge in [0.05, 0.1) is 11.3 Å². The molecular weight excluding hydrogens is 292 g/mol. The Kier molecular flexibility index (Phi) is 3.86. The van der Waals surface area contributed by atoms with Gasteiger partial charge in [-0.3, -0.25) is 0 Å². The lowest BCUT2D eigenvalue weighted by atomic mass is 9.73. The van der Waals surface area contributed by atoms with E-state index in [1.807, 2.05) is 30.3 Å². The van der Waals surface area contributed by atoms with Crippen molar-refractivity contribution in [2.45, 2.75) is 44.1 Å². The number of nitriles is 1. The summed E-state index contributed by atoms with van der Waals surface area (Å²) in [4.78, 5) is 0. The van der Waals surface area contributed by atoms with Crippen molar-refractivity contribution in [3.05, 3.63) is 71.3 Å². The van der Waals surface area contributed by atoms with E-state index < -0.39 is 0 Å². The van der Waals surface area contributed by atoms with Crippen molar-refractivity contribution in [1.82, 2.24) is 5.32 Å². The van der Waals surface area contributed by atoms with Crippen LogP contribution in [-0.2, 0) is 6.42 Å². The van der Waals surface area contributed by atoms with E-state index in [-0.39, 0.29) is 5.54 Å². The fraction of sp³-hybridized carbons (Fsp3) is 0.318. The van der Waals surface area contributed by atoms with Crippen molar-refractivity contribution in [2.24, 2.45) is 0 Å². The first kappa shape index (κ1) is 15.0. The number of benzene rings is 2. The molecule has 1 fully saturated rings. The van der Waals surface area contributed by atoms with E-state index in [4.69, 9.17) is 0 Å². The highest BCUT2D eigenvalue weighted by Gasteiger charge is 2.38. The molecule has 1 aliphatic heterocycles. The first-order valence-corrected chi connectivity index (χ1v) is 8.88. The van der Waals surface area contributed by atoms with E-state index in [0.29, 0.717) is 0 Å². The normalized spacial score (nSPS) is 20.6. The summed E-state index contributed by atoms with van der Waals surface area (Å²) in [5.74, 6) is 0. The Bertz CT molecular complexity index is 805. The molecule has 120 valence electrons. The van der Waals surface area contributed by atoms with Gasteiger partial charge in [0.1, 0.15) is 6.07 Å². The molecule has 2 aromatic rings. The maximum absolute atomic E-state index is 9.90. The summed E-state index contributed by atoms with van der Waals surface area (Å²) in [6.07, 6.45) is 7.33. The summed E-state index contributed by atoms with van der Waals surface area (Å²) in [7, 11) is 0. The highest BCUT2D eigenvalue weighted by atomic mass is 15.0. The second-order valence-electron chi connectivity index (χ2n) is 7.03. The molecule has 0 amide bonds. The zero-order valence-electron chi connectivity index (χ0n) is 13.9. The molecule has 2 aromatic carbocycles. The fourth-order valence-corrected chi connectivity index (χ4v) is 4.26. The number of allylic oxidation sites excluding steroid dienone is 1. The van der Waals surface area contributed by atoms with Crippen LogP contribution in [0, 0.1) is 11.3 Å². The molecule has 1 saturated carbocycles. The first-order chi connectivity index (χ1) is 11.8. The van der Waals surface area contributed by atoms with E-state index in [2.05, 4.69) is 35.7 Å². The van der Waals surface area contributed by atoms with Crippen molar-refractivity contribution in [2.75, 3.05) is 0 Å². The molecule has 1 heterocycles. The Hall–Kier alpha value is -2.53. The second kappa shape index (κ2) is 6.17. The molecule has 2 nitrogen and oxygen atoms in total. The molecule has 1 aliphatic carbocycles. The van der Waals surface area contributed by atoms with Gasteiger partial charge in [0, 0.05) is 11.1 Å². The largest absolute Gasteiger partial charge is 0.378 e. The Morgan fingerprint density at radius 1 is 0.917 bits per heavy atom. The lowest BCUT2D eigenvalue weighted by Crippen LogP contribution is -2.50. The van der Waals surface area contributed by atoms with Crippen LogP contribution in [0.25, 0.3) is 11.3 Å². The van der Waals surface area contributed by atoms with Gasteiger partial charge < -0.3 is 5.32 Å². The number of rotatable bonds is 1. The van der Waals surface area contributed by atoms with Gasteiger partial charge in [-0.15, -0.1) is 0 Å². The van der Waals surface area contributed by atoms with E-state index in [0.717, 1.165) is 23.3 Å². The molecule has 0 unspecified atom stereocenters. The maximum Gasteiger partial charge on any atom is 0.102 e. The van der Waals surface area contributed by atoms with Crippen LogP contribution >= 0.6 is 0 Å². The Labute approximate surface area is 143 Å². The molecule has 24 heavy (non-hydrogen) atoms. The number of nitrogens with one attached hydrogen (secondary N) is 1. The zero-order valence-corrected chi connectivity index (χ0v) is 13.9. The van der Waals surface area contributed by atoms with E-state index in [1.165, 1.54) is 43.2 Å². The van der Waals surface area contributed by atoms with Gasteiger partial charge in [-0.1, -0.05) is 73.9 Å². The summed E-state index contributed by atoms with van der Waals surface area (Å²) in [6.45, 7) is 0. The molecule has 0 saturated heterocycles. The highest BCUT2D eigenvalue weighted by Crippen LogP contribution is 2.40. The average Bonchev–Trinajstić information content (AvgIpc) is 2.64.